The average molecular weight is 495 g/mol. The number of hydrogen-bond acceptors (Lipinski definition) is 3. The highest BCUT2D eigenvalue weighted by Gasteiger charge is 2.08. The van der Waals surface area contributed by atoms with Gasteiger partial charge in [-0.15, -0.1) is 0 Å². The first-order chi connectivity index (χ1) is 17.0. The van der Waals surface area contributed by atoms with Crippen molar-refractivity contribution in [3.05, 3.63) is 96.2 Å². The van der Waals surface area contributed by atoms with Crippen LogP contribution in [0.15, 0.2) is 106 Å². The SMILES string of the molecule is C=C/C(C)=C(F)\C=C/CCNC(=C)C(/C=C(\C)C(=C)NC(C)CCC/C(C)=C(\C)C=C)=NC(C)=NC. The standard InChI is InChI=1S/C31H47FN4/c1-12-22(3)24(5)17-16-18-26(7)35-27(8)25(6)21-31(36-29(10)33-11)28(9)34-20-15-14-19-30(32)23(4)13-2/h12-14,19,21,26,34-35H,1-2,8-9,15-18,20H2,3-7,10-11H3/b19-14-,24-22+,25-21+,30-23+,33-29?,36-31?. The second-order valence-corrected chi connectivity index (χ2v) is 9.01. The number of amidine groups is 1. The fraction of sp³-hybridized carbons (Fsp3) is 0.419. The van der Waals surface area contributed by atoms with Crippen LogP contribution in [0.2, 0.25) is 0 Å². The molecule has 0 bridgehead atoms. The van der Waals surface area contributed by atoms with Gasteiger partial charge in [-0.25, -0.2) is 9.38 Å². The number of nitrogens with zero attached hydrogens (tertiary/aromatic N) is 2. The van der Waals surface area contributed by atoms with Crippen LogP contribution in [0.4, 0.5) is 4.39 Å². The molecule has 0 aromatic carbocycles. The Morgan fingerprint density at radius 1 is 1.00 bits per heavy atom. The summed E-state index contributed by atoms with van der Waals surface area (Å²) in [7, 11) is 1.71. The zero-order valence-corrected chi connectivity index (χ0v) is 23.6. The topological polar surface area (TPSA) is 48.8 Å². The quantitative estimate of drug-likeness (QED) is 0.0986. The Hall–Kier alpha value is -3.21. The molecule has 0 amide bonds. The van der Waals surface area contributed by atoms with Crippen molar-refractivity contribution in [2.45, 2.75) is 73.3 Å². The maximum atomic E-state index is 13.8. The van der Waals surface area contributed by atoms with Crippen LogP contribution in [0.25, 0.3) is 0 Å². The molecule has 0 aromatic rings. The van der Waals surface area contributed by atoms with Crippen LogP contribution >= 0.6 is 0 Å². The summed E-state index contributed by atoms with van der Waals surface area (Å²) in [6.07, 6.45) is 12.5. The Morgan fingerprint density at radius 2 is 1.64 bits per heavy atom. The number of hydrogen-bond donors (Lipinski definition) is 2. The molecular formula is C31H47FN4. The summed E-state index contributed by atoms with van der Waals surface area (Å²) in [4.78, 5) is 8.75. The van der Waals surface area contributed by atoms with Gasteiger partial charge in [-0.2, -0.15) is 0 Å². The molecule has 0 rings (SSSR count). The van der Waals surface area contributed by atoms with E-state index >= 15 is 0 Å². The van der Waals surface area contributed by atoms with Crippen LogP contribution in [0.5, 0.6) is 0 Å². The third-order valence-corrected chi connectivity index (χ3v) is 5.93. The summed E-state index contributed by atoms with van der Waals surface area (Å²) >= 11 is 0. The van der Waals surface area contributed by atoms with Gasteiger partial charge in [0.2, 0.25) is 0 Å². The minimum Gasteiger partial charge on any atom is -0.383 e. The van der Waals surface area contributed by atoms with Crippen molar-refractivity contribution in [1.82, 2.24) is 10.6 Å². The fourth-order valence-corrected chi connectivity index (χ4v) is 3.04. The van der Waals surface area contributed by atoms with E-state index in [1.54, 1.807) is 20.0 Å². The number of rotatable bonds is 16. The van der Waals surface area contributed by atoms with Crippen molar-refractivity contribution >= 4 is 11.5 Å². The Bertz CT molecular complexity index is 971. The first-order valence-electron chi connectivity index (χ1n) is 12.5. The zero-order chi connectivity index (χ0) is 27.7. The van der Waals surface area contributed by atoms with Gasteiger partial charge in [-0.1, -0.05) is 55.7 Å². The highest BCUT2D eigenvalue weighted by Crippen LogP contribution is 2.15. The lowest BCUT2D eigenvalue weighted by molar-refractivity contribution is 0.547. The molecule has 0 aromatic heterocycles. The van der Waals surface area contributed by atoms with Crippen LogP contribution in [0, 0.1) is 0 Å². The van der Waals surface area contributed by atoms with Gasteiger partial charge < -0.3 is 10.6 Å². The monoisotopic (exact) mass is 494 g/mol. The maximum Gasteiger partial charge on any atom is 0.125 e. The van der Waals surface area contributed by atoms with E-state index in [1.807, 2.05) is 26.0 Å². The highest BCUT2D eigenvalue weighted by molar-refractivity contribution is 6.13. The van der Waals surface area contributed by atoms with Gasteiger partial charge in [0.15, 0.2) is 0 Å². The third-order valence-electron chi connectivity index (χ3n) is 5.93. The molecule has 2 N–H and O–H groups in total. The van der Waals surface area contributed by atoms with Gasteiger partial charge in [-0.05, 0) is 90.5 Å². The van der Waals surface area contributed by atoms with E-state index in [9.17, 15) is 4.39 Å². The Balaban J connectivity index is 5.14. The van der Waals surface area contributed by atoms with E-state index in [-0.39, 0.29) is 5.83 Å². The van der Waals surface area contributed by atoms with E-state index in [0.717, 1.165) is 30.5 Å². The predicted molar refractivity (Wildman–Crippen MR) is 159 cm³/mol. The second kappa shape index (κ2) is 18.1. The molecule has 5 heteroatoms. The van der Waals surface area contributed by atoms with Crippen molar-refractivity contribution in [1.29, 1.82) is 0 Å². The average Bonchev–Trinajstić information content (AvgIpc) is 2.86. The van der Waals surface area contributed by atoms with E-state index < -0.39 is 0 Å². The zero-order valence-electron chi connectivity index (χ0n) is 23.6. The third kappa shape index (κ3) is 13.6. The lowest BCUT2D eigenvalue weighted by Crippen LogP contribution is -2.26. The smallest absolute Gasteiger partial charge is 0.125 e. The molecule has 198 valence electrons. The molecule has 0 saturated carbocycles. The van der Waals surface area contributed by atoms with E-state index in [0.29, 0.717) is 41.8 Å². The molecule has 0 saturated heterocycles. The Kier molecular flexibility index (Phi) is 16.5. The molecule has 1 unspecified atom stereocenters. The fourth-order valence-electron chi connectivity index (χ4n) is 3.04. The second-order valence-electron chi connectivity index (χ2n) is 9.01. The minimum absolute atomic E-state index is 0.280. The Labute approximate surface area is 219 Å². The van der Waals surface area contributed by atoms with Crippen LogP contribution in [0.3, 0.4) is 0 Å². The molecule has 1 atom stereocenters. The number of halogens is 1. The van der Waals surface area contributed by atoms with Crippen molar-refractivity contribution in [3.8, 4) is 0 Å². The van der Waals surface area contributed by atoms with Gasteiger partial charge >= 0.3 is 0 Å². The van der Waals surface area contributed by atoms with E-state index in [4.69, 9.17) is 0 Å². The summed E-state index contributed by atoms with van der Waals surface area (Å²) in [6.45, 7) is 28.4. The van der Waals surface area contributed by atoms with Crippen molar-refractivity contribution < 1.29 is 4.39 Å². The van der Waals surface area contributed by atoms with Gasteiger partial charge in [0.25, 0.3) is 0 Å². The molecule has 0 radical (unpaired) electrons. The molecule has 36 heavy (non-hydrogen) atoms. The summed E-state index contributed by atoms with van der Waals surface area (Å²) in [6, 6.07) is 0.296. The van der Waals surface area contributed by atoms with Crippen molar-refractivity contribution in [3.63, 3.8) is 0 Å². The van der Waals surface area contributed by atoms with Gasteiger partial charge in [0, 0.05) is 25.3 Å². The highest BCUT2D eigenvalue weighted by atomic mass is 19.1. The summed E-state index contributed by atoms with van der Waals surface area (Å²) in [5.74, 6) is 0.368. The lowest BCUT2D eigenvalue weighted by Gasteiger charge is -2.18. The summed E-state index contributed by atoms with van der Waals surface area (Å²) in [5.41, 5.74) is 6.34. The van der Waals surface area contributed by atoms with Crippen LogP contribution in [-0.4, -0.2) is 31.2 Å². The lowest BCUT2D eigenvalue weighted by atomic mass is 10.0. The normalized spacial score (nSPS) is 15.2. The molecule has 4 nitrogen and oxygen atoms in total. The first-order valence-corrected chi connectivity index (χ1v) is 12.5. The van der Waals surface area contributed by atoms with Gasteiger partial charge in [0.1, 0.15) is 11.7 Å². The molecule has 0 fully saturated rings. The van der Waals surface area contributed by atoms with Gasteiger partial charge in [0.05, 0.1) is 11.4 Å². The summed E-state index contributed by atoms with van der Waals surface area (Å²) in [5, 5.41) is 6.77. The van der Waals surface area contributed by atoms with Gasteiger partial charge in [-0.3, -0.25) is 4.99 Å². The largest absolute Gasteiger partial charge is 0.383 e. The van der Waals surface area contributed by atoms with E-state index in [1.165, 1.54) is 23.3 Å². The molecule has 0 aliphatic carbocycles. The molecular weight excluding hydrogens is 447 g/mol. The van der Waals surface area contributed by atoms with Crippen LogP contribution < -0.4 is 10.6 Å². The maximum absolute atomic E-state index is 13.8. The molecule has 0 spiro atoms. The van der Waals surface area contributed by atoms with Crippen molar-refractivity contribution in [2.75, 3.05) is 13.6 Å². The molecule has 0 heterocycles. The van der Waals surface area contributed by atoms with Crippen LogP contribution in [-0.2, 0) is 0 Å². The Morgan fingerprint density at radius 3 is 2.22 bits per heavy atom. The number of allylic oxidation sites excluding steroid dienone is 9. The minimum atomic E-state index is -0.280. The molecule has 0 aliphatic heterocycles. The predicted octanol–water partition coefficient (Wildman–Crippen LogP) is 8.09. The summed E-state index contributed by atoms with van der Waals surface area (Å²) < 4.78 is 13.8. The van der Waals surface area contributed by atoms with Crippen LogP contribution in [0.1, 0.15) is 67.2 Å². The number of aliphatic imine (C=N–C) groups is 2. The molecule has 0 aliphatic rings. The van der Waals surface area contributed by atoms with Crippen molar-refractivity contribution in [2.24, 2.45) is 9.98 Å². The van der Waals surface area contributed by atoms with E-state index in [2.05, 4.69) is 67.7 Å². The first kappa shape index (κ1) is 32.8. The number of nitrogens with one attached hydrogen (secondary N) is 2.